The van der Waals surface area contributed by atoms with Crippen molar-refractivity contribution in [3.05, 3.63) is 101 Å². The monoisotopic (exact) mass is 467 g/mol. The molecule has 1 aliphatic heterocycles. The fraction of sp³-hybridized carbons (Fsp3) is 0.200. The lowest BCUT2D eigenvalue weighted by Crippen LogP contribution is -2.37. The number of ether oxygens (including phenoxy) is 1. The smallest absolute Gasteiger partial charge is 0.416 e. The van der Waals surface area contributed by atoms with Gasteiger partial charge >= 0.3 is 6.18 Å². The number of hydrogen-bond acceptors (Lipinski definition) is 4. The van der Waals surface area contributed by atoms with Gasteiger partial charge in [0.25, 0.3) is 0 Å². The minimum atomic E-state index is -4.43. The highest BCUT2D eigenvalue weighted by atomic mass is 32.1. The SMILES string of the molecule is FC(F)(F)c1ccccc1CC1(Cn2ccnc2)COC(c2ccc(-c3ccsc3)cc2)=N1. The number of aliphatic imine (C=N–C) groups is 1. The molecule has 168 valence electrons. The van der Waals surface area contributed by atoms with Crippen LogP contribution in [-0.2, 0) is 23.9 Å². The Balaban J connectivity index is 1.49. The van der Waals surface area contributed by atoms with E-state index in [9.17, 15) is 13.2 Å². The second-order valence-electron chi connectivity index (χ2n) is 8.09. The van der Waals surface area contributed by atoms with Crippen LogP contribution in [0, 0.1) is 0 Å². The largest absolute Gasteiger partial charge is 0.475 e. The van der Waals surface area contributed by atoms with Crippen molar-refractivity contribution in [3.8, 4) is 11.1 Å². The summed E-state index contributed by atoms with van der Waals surface area (Å²) in [6.07, 6.45) is 0.718. The molecule has 0 saturated heterocycles. The van der Waals surface area contributed by atoms with Crippen molar-refractivity contribution >= 4 is 17.2 Å². The minimum Gasteiger partial charge on any atom is -0.475 e. The first-order valence-electron chi connectivity index (χ1n) is 10.4. The molecule has 0 aliphatic carbocycles. The van der Waals surface area contributed by atoms with Gasteiger partial charge in [0.1, 0.15) is 12.1 Å². The molecule has 4 nitrogen and oxygen atoms in total. The van der Waals surface area contributed by atoms with Crippen LogP contribution in [0.3, 0.4) is 0 Å². The summed E-state index contributed by atoms with van der Waals surface area (Å²) in [5, 5.41) is 4.10. The molecule has 0 spiro atoms. The molecule has 0 radical (unpaired) electrons. The van der Waals surface area contributed by atoms with Crippen molar-refractivity contribution in [2.45, 2.75) is 24.7 Å². The van der Waals surface area contributed by atoms with Gasteiger partial charge in [-0.15, -0.1) is 0 Å². The topological polar surface area (TPSA) is 39.4 Å². The van der Waals surface area contributed by atoms with E-state index in [1.807, 2.05) is 34.2 Å². The Morgan fingerprint density at radius 3 is 2.48 bits per heavy atom. The fourth-order valence-corrected chi connectivity index (χ4v) is 4.78. The quantitative estimate of drug-likeness (QED) is 0.344. The second kappa shape index (κ2) is 8.51. The van der Waals surface area contributed by atoms with Gasteiger partial charge in [0, 0.05) is 24.4 Å². The van der Waals surface area contributed by atoms with E-state index in [1.54, 1.807) is 36.1 Å². The van der Waals surface area contributed by atoms with Crippen molar-refractivity contribution < 1.29 is 17.9 Å². The Bertz CT molecular complexity index is 1250. The minimum absolute atomic E-state index is 0.0946. The van der Waals surface area contributed by atoms with E-state index in [1.165, 1.54) is 12.1 Å². The first-order valence-corrected chi connectivity index (χ1v) is 11.3. The van der Waals surface area contributed by atoms with Crippen LogP contribution in [0.5, 0.6) is 0 Å². The van der Waals surface area contributed by atoms with E-state index >= 15 is 0 Å². The fourth-order valence-electron chi connectivity index (χ4n) is 4.12. The highest BCUT2D eigenvalue weighted by molar-refractivity contribution is 7.08. The number of nitrogens with zero attached hydrogens (tertiary/aromatic N) is 3. The predicted octanol–water partition coefficient (Wildman–Crippen LogP) is 6.09. The van der Waals surface area contributed by atoms with Crippen LogP contribution in [0.1, 0.15) is 16.7 Å². The molecule has 0 amide bonds. The lowest BCUT2D eigenvalue weighted by Gasteiger charge is -2.26. The first kappa shape index (κ1) is 21.5. The number of imidazole rings is 1. The number of alkyl halides is 3. The van der Waals surface area contributed by atoms with Crippen LogP contribution >= 0.6 is 11.3 Å². The number of aromatic nitrogens is 2. The van der Waals surface area contributed by atoms with E-state index in [2.05, 4.69) is 16.4 Å². The zero-order chi connectivity index (χ0) is 22.9. The van der Waals surface area contributed by atoms with Crippen LogP contribution < -0.4 is 0 Å². The molecular weight excluding hydrogens is 447 g/mol. The molecule has 33 heavy (non-hydrogen) atoms. The molecule has 2 aromatic heterocycles. The van der Waals surface area contributed by atoms with Crippen LogP contribution in [0.15, 0.2) is 89.1 Å². The van der Waals surface area contributed by atoms with Crippen LogP contribution in [0.4, 0.5) is 13.2 Å². The van der Waals surface area contributed by atoms with Crippen molar-refractivity contribution in [3.63, 3.8) is 0 Å². The molecular formula is C25H20F3N3OS. The third-order valence-corrected chi connectivity index (χ3v) is 6.36. The lowest BCUT2D eigenvalue weighted by molar-refractivity contribution is -0.138. The van der Waals surface area contributed by atoms with E-state index < -0.39 is 17.3 Å². The summed E-state index contributed by atoms with van der Waals surface area (Å²) >= 11 is 1.63. The van der Waals surface area contributed by atoms with Gasteiger partial charge in [-0.2, -0.15) is 24.5 Å². The Morgan fingerprint density at radius 1 is 1.00 bits per heavy atom. The van der Waals surface area contributed by atoms with E-state index in [-0.39, 0.29) is 18.6 Å². The maximum atomic E-state index is 13.6. The maximum Gasteiger partial charge on any atom is 0.416 e. The molecule has 1 atom stereocenters. The van der Waals surface area contributed by atoms with Gasteiger partial charge in [-0.05, 0) is 51.7 Å². The highest BCUT2D eigenvalue weighted by Gasteiger charge is 2.41. The molecule has 1 unspecified atom stereocenters. The maximum absolute atomic E-state index is 13.6. The summed E-state index contributed by atoms with van der Waals surface area (Å²) in [6.45, 7) is 0.536. The van der Waals surface area contributed by atoms with E-state index in [4.69, 9.17) is 9.73 Å². The summed E-state index contributed by atoms with van der Waals surface area (Å²) in [4.78, 5) is 8.92. The van der Waals surface area contributed by atoms with Gasteiger partial charge in [0.15, 0.2) is 0 Å². The molecule has 8 heteroatoms. The van der Waals surface area contributed by atoms with E-state index in [0.29, 0.717) is 12.4 Å². The third kappa shape index (κ3) is 4.57. The molecule has 0 bridgehead atoms. The Hall–Kier alpha value is -3.39. The normalized spacial score (nSPS) is 18.2. The Kier molecular flexibility index (Phi) is 5.54. The van der Waals surface area contributed by atoms with E-state index in [0.717, 1.165) is 22.8 Å². The van der Waals surface area contributed by atoms with Crippen LogP contribution in [0.2, 0.25) is 0 Å². The van der Waals surface area contributed by atoms with Gasteiger partial charge in [-0.25, -0.2) is 9.98 Å². The first-order chi connectivity index (χ1) is 15.9. The van der Waals surface area contributed by atoms with Crippen molar-refractivity contribution in [1.82, 2.24) is 9.55 Å². The average molecular weight is 468 g/mol. The highest BCUT2D eigenvalue weighted by Crippen LogP contribution is 2.36. The van der Waals surface area contributed by atoms with Gasteiger partial charge in [-0.1, -0.05) is 30.3 Å². The number of benzene rings is 2. The van der Waals surface area contributed by atoms with Crippen LogP contribution in [-0.4, -0.2) is 27.6 Å². The zero-order valence-electron chi connectivity index (χ0n) is 17.5. The van der Waals surface area contributed by atoms with Gasteiger partial charge < -0.3 is 9.30 Å². The molecule has 1 aliphatic rings. The molecule has 0 fully saturated rings. The lowest BCUT2D eigenvalue weighted by atomic mass is 9.89. The van der Waals surface area contributed by atoms with Gasteiger partial charge in [0.05, 0.1) is 18.4 Å². The molecule has 0 saturated carbocycles. The predicted molar refractivity (Wildman–Crippen MR) is 122 cm³/mol. The van der Waals surface area contributed by atoms with Crippen molar-refractivity contribution in [2.24, 2.45) is 4.99 Å². The van der Waals surface area contributed by atoms with Crippen molar-refractivity contribution in [2.75, 3.05) is 6.61 Å². The molecule has 4 aromatic rings. The molecule has 3 heterocycles. The summed E-state index contributed by atoms with van der Waals surface area (Å²) in [6, 6.07) is 15.6. The van der Waals surface area contributed by atoms with Crippen LogP contribution in [0.25, 0.3) is 11.1 Å². The zero-order valence-corrected chi connectivity index (χ0v) is 18.3. The summed E-state index contributed by atoms with van der Waals surface area (Å²) in [7, 11) is 0. The summed E-state index contributed by atoms with van der Waals surface area (Å²) < 4.78 is 48.7. The molecule has 5 rings (SSSR count). The van der Waals surface area contributed by atoms with Crippen molar-refractivity contribution in [1.29, 1.82) is 0 Å². The summed E-state index contributed by atoms with van der Waals surface area (Å²) in [5.74, 6) is 0.441. The van der Waals surface area contributed by atoms with Gasteiger partial charge in [-0.3, -0.25) is 0 Å². The second-order valence-corrected chi connectivity index (χ2v) is 8.87. The Morgan fingerprint density at radius 2 is 1.79 bits per heavy atom. The number of hydrogen-bond donors (Lipinski definition) is 0. The Labute approximate surface area is 193 Å². The summed E-state index contributed by atoms with van der Waals surface area (Å²) in [5.41, 5.74) is 1.70. The third-order valence-electron chi connectivity index (χ3n) is 5.68. The van der Waals surface area contributed by atoms with Gasteiger partial charge in [0.2, 0.25) is 5.90 Å². The number of thiophene rings is 1. The number of halogens is 3. The standard InChI is InChI=1S/C25H20F3N3OS/c26-25(27,28)22-4-2-1-3-20(22)13-24(15-31-11-10-29-17-31)16-32-23(30-24)19-7-5-18(6-8-19)21-9-12-33-14-21/h1-12,14,17H,13,15-16H2. The number of rotatable bonds is 6. The average Bonchev–Trinajstić information content (AvgIpc) is 3.57. The molecule has 0 N–H and O–H groups in total. The molecule has 2 aromatic carbocycles.